The molecule has 0 aliphatic carbocycles. The van der Waals surface area contributed by atoms with Crippen LogP contribution in [0.3, 0.4) is 0 Å². The van der Waals surface area contributed by atoms with Gasteiger partial charge in [0.1, 0.15) is 7.11 Å². The number of rotatable bonds is 4. The zero-order valence-corrected chi connectivity index (χ0v) is 11.3. The van der Waals surface area contributed by atoms with Gasteiger partial charge in [-0.3, -0.25) is 9.69 Å². The van der Waals surface area contributed by atoms with Gasteiger partial charge in [-0.25, -0.2) is 0 Å². The molecule has 7 nitrogen and oxygen atoms in total. The number of hydrogen-bond donors (Lipinski definition) is 2. The second-order valence-electron chi connectivity index (χ2n) is 4.87. The van der Waals surface area contributed by atoms with E-state index in [4.69, 9.17) is 9.94 Å². The topological polar surface area (TPSA) is 77.4 Å². The standard InChI is InChI=1S/C12H22N4O3/c1-19-14-10-8-11(13-9-10)12(18)16-4-2-15(3-5-16)6-7-17/h11,13,17H,2-9H2,1H3/t11-/m0/s1. The Morgan fingerprint density at radius 2 is 2.21 bits per heavy atom. The van der Waals surface area contributed by atoms with Crippen molar-refractivity contribution in [3.63, 3.8) is 0 Å². The first kappa shape index (κ1) is 14.2. The molecule has 2 heterocycles. The van der Waals surface area contributed by atoms with Crippen LogP contribution in [0, 0.1) is 0 Å². The van der Waals surface area contributed by atoms with E-state index in [9.17, 15) is 4.79 Å². The number of aliphatic hydroxyl groups excluding tert-OH is 1. The van der Waals surface area contributed by atoms with Gasteiger partial charge in [-0.05, 0) is 0 Å². The van der Waals surface area contributed by atoms with Crippen LogP contribution in [0.5, 0.6) is 0 Å². The third kappa shape index (κ3) is 3.65. The number of β-amino-alcohol motifs (C(OH)–C–C–N with tert-alkyl or cyclic N) is 1. The van der Waals surface area contributed by atoms with Gasteiger partial charge in [0.2, 0.25) is 5.91 Å². The first-order valence-electron chi connectivity index (χ1n) is 6.69. The number of amides is 1. The number of aliphatic hydroxyl groups is 1. The lowest BCUT2D eigenvalue weighted by Gasteiger charge is -2.35. The maximum Gasteiger partial charge on any atom is 0.240 e. The molecule has 1 atom stereocenters. The first-order chi connectivity index (χ1) is 9.24. The van der Waals surface area contributed by atoms with Crippen molar-refractivity contribution in [3.8, 4) is 0 Å². The summed E-state index contributed by atoms with van der Waals surface area (Å²) in [6.07, 6.45) is 0.628. The van der Waals surface area contributed by atoms with Gasteiger partial charge in [0.15, 0.2) is 0 Å². The number of nitrogens with zero attached hydrogens (tertiary/aromatic N) is 3. The van der Waals surface area contributed by atoms with Gasteiger partial charge >= 0.3 is 0 Å². The molecule has 0 radical (unpaired) electrons. The van der Waals surface area contributed by atoms with Gasteiger partial charge in [-0.2, -0.15) is 0 Å². The molecule has 2 N–H and O–H groups in total. The highest BCUT2D eigenvalue weighted by atomic mass is 16.6. The van der Waals surface area contributed by atoms with Crippen LogP contribution in [0.4, 0.5) is 0 Å². The molecule has 2 fully saturated rings. The van der Waals surface area contributed by atoms with E-state index in [1.807, 2.05) is 4.90 Å². The van der Waals surface area contributed by atoms with E-state index in [0.717, 1.165) is 31.9 Å². The number of carbonyl (C=O) groups is 1. The Balaban J connectivity index is 1.80. The van der Waals surface area contributed by atoms with Crippen LogP contribution in [-0.2, 0) is 9.63 Å². The minimum Gasteiger partial charge on any atom is -0.399 e. The Labute approximate surface area is 113 Å². The van der Waals surface area contributed by atoms with Gasteiger partial charge < -0.3 is 20.2 Å². The normalized spacial score (nSPS) is 26.9. The molecule has 0 spiro atoms. The third-order valence-corrected chi connectivity index (χ3v) is 3.61. The molecule has 108 valence electrons. The lowest BCUT2D eigenvalue weighted by atomic mass is 10.1. The minimum atomic E-state index is -0.168. The highest BCUT2D eigenvalue weighted by Gasteiger charge is 2.31. The van der Waals surface area contributed by atoms with E-state index in [-0.39, 0.29) is 18.6 Å². The number of nitrogens with one attached hydrogen (secondary N) is 1. The van der Waals surface area contributed by atoms with E-state index in [1.54, 1.807) is 0 Å². The molecule has 0 saturated carbocycles. The van der Waals surface area contributed by atoms with Gasteiger partial charge in [0, 0.05) is 45.7 Å². The molecule has 2 aliphatic rings. The van der Waals surface area contributed by atoms with E-state index in [0.29, 0.717) is 19.5 Å². The molecule has 0 aromatic carbocycles. The van der Waals surface area contributed by atoms with Crippen molar-refractivity contribution < 1.29 is 14.7 Å². The van der Waals surface area contributed by atoms with Gasteiger partial charge in [-0.1, -0.05) is 5.16 Å². The van der Waals surface area contributed by atoms with Gasteiger partial charge in [0.25, 0.3) is 0 Å². The Morgan fingerprint density at radius 3 is 2.84 bits per heavy atom. The molecule has 7 heteroatoms. The maximum absolute atomic E-state index is 12.3. The highest BCUT2D eigenvalue weighted by molar-refractivity contribution is 5.96. The third-order valence-electron chi connectivity index (χ3n) is 3.61. The Kier molecular flexibility index (Phi) is 5.12. The van der Waals surface area contributed by atoms with Crippen molar-refractivity contribution in [1.29, 1.82) is 0 Å². The molecular formula is C12H22N4O3. The molecular weight excluding hydrogens is 248 g/mol. The average Bonchev–Trinajstić information content (AvgIpc) is 2.88. The Morgan fingerprint density at radius 1 is 1.47 bits per heavy atom. The van der Waals surface area contributed by atoms with Crippen molar-refractivity contribution in [2.75, 3.05) is 53.0 Å². The molecule has 0 unspecified atom stereocenters. The summed E-state index contributed by atoms with van der Waals surface area (Å²) in [7, 11) is 1.52. The monoisotopic (exact) mass is 270 g/mol. The molecule has 0 aromatic heterocycles. The summed E-state index contributed by atoms with van der Waals surface area (Å²) >= 11 is 0. The molecule has 2 rings (SSSR count). The fourth-order valence-corrected chi connectivity index (χ4v) is 2.55. The van der Waals surface area contributed by atoms with E-state index in [1.165, 1.54) is 7.11 Å². The second kappa shape index (κ2) is 6.83. The van der Waals surface area contributed by atoms with Gasteiger partial charge in [0.05, 0.1) is 18.4 Å². The summed E-state index contributed by atoms with van der Waals surface area (Å²) in [4.78, 5) is 21.1. The SMILES string of the molecule is CON=C1CN[C@H](C(=O)N2CCN(CCO)CC2)C1. The number of piperazine rings is 1. The quantitative estimate of drug-likeness (QED) is 0.607. The summed E-state index contributed by atoms with van der Waals surface area (Å²) in [5.41, 5.74) is 0.889. The van der Waals surface area contributed by atoms with Crippen LogP contribution in [0.1, 0.15) is 6.42 Å². The van der Waals surface area contributed by atoms with Crippen molar-refractivity contribution in [1.82, 2.24) is 15.1 Å². The minimum absolute atomic E-state index is 0.143. The van der Waals surface area contributed by atoms with Crippen LogP contribution in [-0.4, -0.2) is 85.6 Å². The van der Waals surface area contributed by atoms with Gasteiger partial charge in [-0.15, -0.1) is 0 Å². The molecule has 19 heavy (non-hydrogen) atoms. The number of carbonyl (C=O) groups excluding carboxylic acids is 1. The largest absolute Gasteiger partial charge is 0.399 e. The smallest absolute Gasteiger partial charge is 0.240 e. The zero-order chi connectivity index (χ0) is 13.7. The summed E-state index contributed by atoms with van der Waals surface area (Å²) < 4.78 is 0. The Hall–Kier alpha value is -1.18. The summed E-state index contributed by atoms with van der Waals surface area (Å²) in [6, 6.07) is -0.168. The van der Waals surface area contributed by atoms with Crippen LogP contribution in [0.25, 0.3) is 0 Å². The van der Waals surface area contributed by atoms with E-state index >= 15 is 0 Å². The number of hydrogen-bond acceptors (Lipinski definition) is 6. The van der Waals surface area contributed by atoms with Crippen LogP contribution < -0.4 is 5.32 Å². The van der Waals surface area contributed by atoms with E-state index < -0.39 is 0 Å². The predicted molar refractivity (Wildman–Crippen MR) is 71.0 cm³/mol. The summed E-state index contributed by atoms with van der Waals surface area (Å²) in [5.74, 6) is 0.143. The average molecular weight is 270 g/mol. The highest BCUT2D eigenvalue weighted by Crippen LogP contribution is 2.10. The molecule has 2 aliphatic heterocycles. The summed E-state index contributed by atoms with van der Waals surface area (Å²) in [6.45, 7) is 4.61. The maximum atomic E-state index is 12.3. The molecule has 0 bridgehead atoms. The number of oxime groups is 1. The van der Waals surface area contributed by atoms with Crippen molar-refractivity contribution >= 4 is 11.6 Å². The lowest BCUT2D eigenvalue weighted by Crippen LogP contribution is -2.53. The van der Waals surface area contributed by atoms with Crippen molar-refractivity contribution in [2.45, 2.75) is 12.5 Å². The molecule has 2 saturated heterocycles. The zero-order valence-electron chi connectivity index (χ0n) is 11.3. The summed E-state index contributed by atoms with van der Waals surface area (Å²) in [5, 5.41) is 15.9. The van der Waals surface area contributed by atoms with Crippen molar-refractivity contribution in [3.05, 3.63) is 0 Å². The second-order valence-corrected chi connectivity index (χ2v) is 4.87. The molecule has 0 aromatic rings. The van der Waals surface area contributed by atoms with Crippen LogP contribution in [0.2, 0.25) is 0 Å². The fraction of sp³-hybridized carbons (Fsp3) is 0.833. The fourth-order valence-electron chi connectivity index (χ4n) is 2.55. The first-order valence-corrected chi connectivity index (χ1v) is 6.69. The Bertz CT molecular complexity index is 340. The van der Waals surface area contributed by atoms with Crippen LogP contribution in [0.15, 0.2) is 5.16 Å². The lowest BCUT2D eigenvalue weighted by molar-refractivity contribution is -0.134. The van der Waals surface area contributed by atoms with Crippen molar-refractivity contribution in [2.24, 2.45) is 5.16 Å². The van der Waals surface area contributed by atoms with E-state index in [2.05, 4.69) is 15.4 Å². The van der Waals surface area contributed by atoms with Crippen LogP contribution >= 0.6 is 0 Å². The predicted octanol–water partition coefficient (Wildman–Crippen LogP) is -1.51. The molecule has 1 amide bonds.